The molecule has 3 aromatic rings. The quantitative estimate of drug-likeness (QED) is 0.665. The molecule has 0 amide bonds. The molecule has 0 aliphatic heterocycles. The lowest BCUT2D eigenvalue weighted by molar-refractivity contribution is 0.307. The van der Waals surface area contributed by atoms with Crippen molar-refractivity contribution in [2.75, 3.05) is 0 Å². The van der Waals surface area contributed by atoms with Crippen LogP contribution in [-0.2, 0) is 13.2 Å². The molecule has 102 valence electrons. The molecule has 0 spiro atoms. The van der Waals surface area contributed by atoms with Crippen molar-refractivity contribution in [3.8, 4) is 5.75 Å². The predicted molar refractivity (Wildman–Crippen MR) is 83.4 cm³/mol. The molecule has 2 aromatic carbocycles. The second kappa shape index (κ2) is 5.59. The molecule has 0 unspecified atom stereocenters. The van der Waals surface area contributed by atoms with Crippen LogP contribution in [0.2, 0.25) is 5.02 Å². The van der Waals surface area contributed by atoms with E-state index in [-0.39, 0.29) is 0 Å². The van der Waals surface area contributed by atoms with E-state index in [9.17, 15) is 0 Å². The molecule has 0 radical (unpaired) electrons. The van der Waals surface area contributed by atoms with E-state index in [1.54, 1.807) is 0 Å². The average Bonchev–Trinajstić information content (AvgIpc) is 2.86. The molecule has 0 fully saturated rings. The van der Waals surface area contributed by atoms with Crippen molar-refractivity contribution in [1.82, 2.24) is 4.57 Å². The molecule has 3 heteroatoms. The number of nitrogens with zero attached hydrogens (tertiary/aromatic N) is 1. The highest BCUT2D eigenvalue weighted by molar-refractivity contribution is 6.35. The topological polar surface area (TPSA) is 14.2 Å². The molecular formula is C17H16ClNO. The molecule has 0 bridgehead atoms. The normalized spacial score (nSPS) is 10.9. The summed E-state index contributed by atoms with van der Waals surface area (Å²) in [5, 5.41) is 1.87. The summed E-state index contributed by atoms with van der Waals surface area (Å²) in [5.41, 5.74) is 2.28. The van der Waals surface area contributed by atoms with Gasteiger partial charge in [0.2, 0.25) is 0 Å². The van der Waals surface area contributed by atoms with Gasteiger partial charge in [-0.1, -0.05) is 35.9 Å². The van der Waals surface area contributed by atoms with Crippen LogP contribution >= 0.6 is 11.6 Å². The van der Waals surface area contributed by atoms with Crippen molar-refractivity contribution in [3.63, 3.8) is 0 Å². The third kappa shape index (κ3) is 2.39. The number of aromatic nitrogens is 1. The zero-order chi connectivity index (χ0) is 13.9. The van der Waals surface area contributed by atoms with Crippen LogP contribution < -0.4 is 4.74 Å². The van der Waals surface area contributed by atoms with Gasteiger partial charge in [0.1, 0.15) is 12.4 Å². The zero-order valence-corrected chi connectivity index (χ0v) is 12.1. The summed E-state index contributed by atoms with van der Waals surface area (Å²) in [4.78, 5) is 0. The molecule has 1 heterocycles. The molecule has 20 heavy (non-hydrogen) atoms. The van der Waals surface area contributed by atoms with Crippen molar-refractivity contribution in [2.45, 2.75) is 20.1 Å². The lowest BCUT2D eigenvalue weighted by Crippen LogP contribution is -1.94. The first-order valence-electron chi connectivity index (χ1n) is 6.73. The number of hydrogen-bond donors (Lipinski definition) is 0. The van der Waals surface area contributed by atoms with Crippen molar-refractivity contribution >= 4 is 22.5 Å². The predicted octanol–water partition coefficient (Wildman–Crippen LogP) is 4.89. The molecule has 1 aromatic heterocycles. The molecule has 0 atom stereocenters. The lowest BCUT2D eigenvalue weighted by atomic mass is 10.2. The van der Waals surface area contributed by atoms with Gasteiger partial charge in [0, 0.05) is 29.2 Å². The molecule has 0 saturated heterocycles. The van der Waals surface area contributed by atoms with Gasteiger partial charge in [0.05, 0.1) is 5.02 Å². The maximum atomic E-state index is 6.35. The van der Waals surface area contributed by atoms with Gasteiger partial charge in [-0.2, -0.15) is 0 Å². The Morgan fingerprint density at radius 3 is 2.60 bits per heavy atom. The van der Waals surface area contributed by atoms with E-state index in [1.807, 2.05) is 42.5 Å². The number of fused-ring (bicyclic) bond motifs is 1. The van der Waals surface area contributed by atoms with Gasteiger partial charge in [-0.25, -0.2) is 0 Å². The number of aryl methyl sites for hydroxylation is 1. The third-order valence-electron chi connectivity index (χ3n) is 3.41. The van der Waals surface area contributed by atoms with Crippen LogP contribution in [0.3, 0.4) is 0 Å². The van der Waals surface area contributed by atoms with E-state index < -0.39 is 0 Å². The van der Waals surface area contributed by atoms with E-state index in [2.05, 4.69) is 23.8 Å². The second-order valence-corrected chi connectivity index (χ2v) is 5.08. The average molecular weight is 286 g/mol. The molecule has 0 N–H and O–H groups in total. The van der Waals surface area contributed by atoms with E-state index >= 15 is 0 Å². The van der Waals surface area contributed by atoms with Gasteiger partial charge >= 0.3 is 0 Å². The maximum Gasteiger partial charge on any atom is 0.119 e. The van der Waals surface area contributed by atoms with Crippen LogP contribution in [0.4, 0.5) is 0 Å². The van der Waals surface area contributed by atoms with Gasteiger partial charge < -0.3 is 9.30 Å². The van der Waals surface area contributed by atoms with E-state index in [0.717, 1.165) is 33.8 Å². The minimum absolute atomic E-state index is 0.525. The van der Waals surface area contributed by atoms with E-state index in [0.29, 0.717) is 6.61 Å². The van der Waals surface area contributed by atoms with Crippen molar-refractivity contribution < 1.29 is 4.74 Å². The van der Waals surface area contributed by atoms with Crippen LogP contribution in [0.25, 0.3) is 10.9 Å². The Kier molecular flexibility index (Phi) is 3.66. The number of benzene rings is 2. The minimum atomic E-state index is 0.525. The molecule has 0 aliphatic rings. The molecule has 2 nitrogen and oxygen atoms in total. The Balaban J connectivity index is 1.95. The Bertz CT molecular complexity index is 718. The van der Waals surface area contributed by atoms with Gasteiger partial charge in [0.15, 0.2) is 0 Å². The number of para-hydroxylation sites is 1. The summed E-state index contributed by atoms with van der Waals surface area (Å²) in [5.74, 6) is 0.872. The van der Waals surface area contributed by atoms with Crippen LogP contribution in [0.15, 0.2) is 54.7 Å². The Labute approximate surface area is 123 Å². The number of rotatable bonds is 4. The Morgan fingerprint density at radius 2 is 1.85 bits per heavy atom. The van der Waals surface area contributed by atoms with Gasteiger partial charge in [0.25, 0.3) is 0 Å². The summed E-state index contributed by atoms with van der Waals surface area (Å²) in [6.45, 7) is 3.57. The standard InChI is InChI=1S/C17H16ClNO/c1-2-19-11-13(12-20-14-7-4-3-5-8-14)17-15(18)9-6-10-16(17)19/h3-11H,2,12H2,1H3. The van der Waals surface area contributed by atoms with Crippen LogP contribution in [-0.4, -0.2) is 4.57 Å². The number of hydrogen-bond acceptors (Lipinski definition) is 1. The maximum absolute atomic E-state index is 6.35. The first kappa shape index (κ1) is 13.1. The monoisotopic (exact) mass is 285 g/mol. The molecule has 3 rings (SSSR count). The summed E-state index contributed by atoms with van der Waals surface area (Å²) < 4.78 is 8.04. The fourth-order valence-corrected chi connectivity index (χ4v) is 2.73. The van der Waals surface area contributed by atoms with E-state index in [1.165, 1.54) is 0 Å². The van der Waals surface area contributed by atoms with Crippen LogP contribution in [0.1, 0.15) is 12.5 Å². The highest BCUT2D eigenvalue weighted by Crippen LogP contribution is 2.29. The smallest absolute Gasteiger partial charge is 0.119 e. The minimum Gasteiger partial charge on any atom is -0.489 e. The fraction of sp³-hybridized carbons (Fsp3) is 0.176. The third-order valence-corrected chi connectivity index (χ3v) is 3.73. The number of halogens is 1. The summed E-state index contributed by atoms with van der Waals surface area (Å²) in [6, 6.07) is 15.8. The van der Waals surface area contributed by atoms with Crippen molar-refractivity contribution in [3.05, 3.63) is 65.3 Å². The zero-order valence-electron chi connectivity index (χ0n) is 11.3. The lowest BCUT2D eigenvalue weighted by Gasteiger charge is -2.05. The van der Waals surface area contributed by atoms with Crippen LogP contribution in [0, 0.1) is 0 Å². The van der Waals surface area contributed by atoms with Gasteiger partial charge in [-0.3, -0.25) is 0 Å². The highest BCUT2D eigenvalue weighted by atomic mass is 35.5. The second-order valence-electron chi connectivity index (χ2n) is 4.68. The summed E-state index contributed by atoms with van der Waals surface area (Å²) >= 11 is 6.35. The first-order valence-corrected chi connectivity index (χ1v) is 7.11. The largest absolute Gasteiger partial charge is 0.489 e. The fourth-order valence-electron chi connectivity index (χ4n) is 2.44. The Morgan fingerprint density at radius 1 is 1.05 bits per heavy atom. The summed E-state index contributed by atoms with van der Waals surface area (Å²) in [7, 11) is 0. The first-order chi connectivity index (χ1) is 9.79. The van der Waals surface area contributed by atoms with Crippen molar-refractivity contribution in [2.24, 2.45) is 0 Å². The van der Waals surface area contributed by atoms with Gasteiger partial charge in [-0.15, -0.1) is 0 Å². The van der Waals surface area contributed by atoms with Crippen molar-refractivity contribution in [1.29, 1.82) is 0 Å². The van der Waals surface area contributed by atoms with Gasteiger partial charge in [-0.05, 0) is 31.2 Å². The highest BCUT2D eigenvalue weighted by Gasteiger charge is 2.11. The molecule has 0 saturated carbocycles. The SMILES string of the molecule is CCn1cc(COc2ccccc2)c2c(Cl)cccc21. The summed E-state index contributed by atoms with van der Waals surface area (Å²) in [6.07, 6.45) is 2.12. The number of ether oxygens (including phenoxy) is 1. The Hall–Kier alpha value is -1.93. The molecule has 0 aliphatic carbocycles. The molecular weight excluding hydrogens is 270 g/mol. The van der Waals surface area contributed by atoms with E-state index in [4.69, 9.17) is 16.3 Å². The van der Waals surface area contributed by atoms with Crippen LogP contribution in [0.5, 0.6) is 5.75 Å².